The van der Waals surface area contributed by atoms with Crippen LogP contribution in [-0.4, -0.2) is 42.3 Å². The maximum atomic E-state index is 11.7. The minimum Gasteiger partial charge on any atom is -0.467 e. The zero-order valence-corrected chi connectivity index (χ0v) is 10.4. The van der Waals surface area contributed by atoms with Gasteiger partial charge in [0.1, 0.15) is 0 Å². The highest BCUT2D eigenvalue weighted by Crippen LogP contribution is 2.29. The van der Waals surface area contributed by atoms with Gasteiger partial charge in [0.2, 0.25) is 0 Å². The summed E-state index contributed by atoms with van der Waals surface area (Å²) in [6.07, 6.45) is 0. The van der Waals surface area contributed by atoms with Crippen LogP contribution in [0.5, 0.6) is 0 Å². The molecule has 0 amide bonds. The summed E-state index contributed by atoms with van der Waals surface area (Å²) in [7, 11) is 2.49. The van der Waals surface area contributed by atoms with Gasteiger partial charge in [0.25, 0.3) is 0 Å². The second-order valence-corrected chi connectivity index (χ2v) is 4.22. The molecule has 90 valence electrons. The number of methoxy groups -OCH3 is 2. The first-order valence-electron chi connectivity index (χ1n) is 4.59. The Kier molecular flexibility index (Phi) is 3.09. The Morgan fingerprint density at radius 1 is 1.06 bits per heavy atom. The lowest BCUT2D eigenvalue weighted by Gasteiger charge is -2.34. The van der Waals surface area contributed by atoms with Crippen molar-refractivity contribution in [2.75, 3.05) is 14.2 Å². The van der Waals surface area contributed by atoms with Crippen LogP contribution in [-0.2, 0) is 19.1 Å². The van der Waals surface area contributed by atoms with Gasteiger partial charge in [-0.2, -0.15) is 0 Å². The van der Waals surface area contributed by atoms with Crippen molar-refractivity contribution in [2.45, 2.75) is 24.9 Å². The van der Waals surface area contributed by atoms with Gasteiger partial charge in [-0.3, -0.25) is 0 Å². The second-order valence-electron chi connectivity index (χ2n) is 3.81. The second kappa shape index (κ2) is 3.89. The summed E-state index contributed by atoms with van der Waals surface area (Å²) in [6, 6.07) is 0. The summed E-state index contributed by atoms with van der Waals surface area (Å²) in [4.78, 5) is 23.5. The number of hydrogen-bond acceptors (Lipinski definition) is 5. The molecule has 0 unspecified atom stereocenters. The van der Waals surface area contributed by atoms with Gasteiger partial charge >= 0.3 is 11.9 Å². The number of ether oxygens (including phenoxy) is 2. The van der Waals surface area contributed by atoms with Crippen molar-refractivity contribution in [3.05, 3.63) is 0 Å². The summed E-state index contributed by atoms with van der Waals surface area (Å²) in [5.41, 5.74) is -2.57. The molecule has 2 atom stereocenters. The molecule has 0 aromatic carbocycles. The molecular weight excluding hydrogens is 232 g/mol. The number of carbonyl (C=O) groups excluding carboxylic acids is 2. The molecule has 1 rings (SSSR count). The Labute approximate surface area is 98.7 Å². The van der Waals surface area contributed by atoms with E-state index in [-0.39, 0.29) is 5.11 Å². The third-order valence-electron chi connectivity index (χ3n) is 2.91. The van der Waals surface area contributed by atoms with Gasteiger partial charge in [-0.15, -0.1) is 0 Å². The van der Waals surface area contributed by atoms with E-state index in [1.165, 1.54) is 28.1 Å². The third kappa shape index (κ3) is 1.51. The molecule has 1 aliphatic rings. The van der Waals surface area contributed by atoms with Crippen molar-refractivity contribution in [1.29, 1.82) is 0 Å². The van der Waals surface area contributed by atoms with E-state index in [0.717, 1.165) is 0 Å². The first-order valence-corrected chi connectivity index (χ1v) is 5.00. The lowest BCUT2D eigenvalue weighted by atomic mass is 9.81. The zero-order valence-electron chi connectivity index (χ0n) is 9.54. The Hall–Kier alpha value is -1.37. The highest BCUT2D eigenvalue weighted by atomic mass is 32.1. The summed E-state index contributed by atoms with van der Waals surface area (Å²) in [5, 5.41) is 5.67. The number of rotatable bonds is 2. The predicted molar refractivity (Wildman–Crippen MR) is 59.7 cm³/mol. The van der Waals surface area contributed by atoms with E-state index < -0.39 is 23.0 Å². The van der Waals surface area contributed by atoms with Gasteiger partial charge in [-0.1, -0.05) is 0 Å². The molecule has 0 aromatic rings. The van der Waals surface area contributed by atoms with Gasteiger partial charge in [0, 0.05) is 0 Å². The lowest BCUT2D eigenvalue weighted by molar-refractivity contribution is -0.160. The summed E-state index contributed by atoms with van der Waals surface area (Å²) >= 11 is 4.91. The van der Waals surface area contributed by atoms with Crippen LogP contribution in [0.3, 0.4) is 0 Å². The van der Waals surface area contributed by atoms with E-state index in [1.807, 2.05) is 0 Å². The molecule has 0 aromatic heterocycles. The average molecular weight is 246 g/mol. The van der Waals surface area contributed by atoms with Crippen LogP contribution < -0.4 is 10.6 Å². The van der Waals surface area contributed by atoms with Crippen molar-refractivity contribution in [3.8, 4) is 0 Å². The molecule has 0 bridgehead atoms. The standard InChI is InChI=1S/C9H14N2O4S/c1-8(5(12)14-3)9(2,6(13)15-4)11-7(16)10-8/h1-4H3,(H2,10,11,16)/t8-,9-/m0/s1. The molecule has 16 heavy (non-hydrogen) atoms. The van der Waals surface area contributed by atoms with Crippen LogP contribution >= 0.6 is 12.2 Å². The molecule has 0 spiro atoms. The van der Waals surface area contributed by atoms with Crippen molar-refractivity contribution >= 4 is 29.3 Å². The first kappa shape index (κ1) is 12.7. The maximum Gasteiger partial charge on any atom is 0.334 e. The topological polar surface area (TPSA) is 76.7 Å². The molecule has 6 nitrogen and oxygen atoms in total. The fourth-order valence-corrected chi connectivity index (χ4v) is 2.06. The summed E-state index contributed by atoms with van der Waals surface area (Å²) < 4.78 is 9.33. The lowest BCUT2D eigenvalue weighted by Crippen LogP contribution is -2.66. The van der Waals surface area contributed by atoms with E-state index in [1.54, 1.807) is 0 Å². The highest BCUT2D eigenvalue weighted by molar-refractivity contribution is 7.80. The molecular formula is C9H14N2O4S. The van der Waals surface area contributed by atoms with Crippen LogP contribution in [0.4, 0.5) is 0 Å². The largest absolute Gasteiger partial charge is 0.467 e. The van der Waals surface area contributed by atoms with E-state index >= 15 is 0 Å². The van der Waals surface area contributed by atoms with Crippen LogP contribution in [0.2, 0.25) is 0 Å². The number of nitrogens with one attached hydrogen (secondary N) is 2. The van der Waals surface area contributed by atoms with Crippen LogP contribution in [0.1, 0.15) is 13.8 Å². The molecule has 1 saturated heterocycles. The van der Waals surface area contributed by atoms with Gasteiger partial charge in [-0.25, -0.2) is 9.59 Å². The normalized spacial score (nSPS) is 32.6. The minimum atomic E-state index is -1.29. The zero-order chi connectivity index (χ0) is 12.6. The van der Waals surface area contributed by atoms with Gasteiger partial charge in [-0.05, 0) is 26.1 Å². The fraction of sp³-hybridized carbons (Fsp3) is 0.667. The molecule has 0 radical (unpaired) electrons. The van der Waals surface area contributed by atoms with Crippen molar-refractivity contribution in [3.63, 3.8) is 0 Å². The van der Waals surface area contributed by atoms with Gasteiger partial charge in [0.15, 0.2) is 16.2 Å². The summed E-state index contributed by atoms with van der Waals surface area (Å²) in [6.45, 7) is 3.06. The van der Waals surface area contributed by atoms with Crippen molar-refractivity contribution in [1.82, 2.24) is 10.6 Å². The quantitative estimate of drug-likeness (QED) is 0.494. The third-order valence-corrected chi connectivity index (χ3v) is 3.12. The smallest absolute Gasteiger partial charge is 0.334 e. The number of carbonyl (C=O) groups is 2. The van der Waals surface area contributed by atoms with Crippen molar-refractivity contribution in [2.24, 2.45) is 0 Å². The Morgan fingerprint density at radius 3 is 1.62 bits per heavy atom. The first-order chi connectivity index (χ1) is 7.31. The highest BCUT2D eigenvalue weighted by Gasteiger charge is 2.62. The predicted octanol–water partition coefficient (Wildman–Crippen LogP) is -0.672. The van der Waals surface area contributed by atoms with Crippen LogP contribution in [0, 0.1) is 0 Å². The Balaban J connectivity index is 3.21. The molecule has 1 aliphatic heterocycles. The van der Waals surface area contributed by atoms with E-state index in [4.69, 9.17) is 12.2 Å². The molecule has 1 fully saturated rings. The SMILES string of the molecule is COC(=O)[C@]1(C)NC(=S)N[C@@]1(C)C(=O)OC. The summed E-state index contributed by atoms with van der Waals surface area (Å²) in [5.74, 6) is -1.18. The average Bonchev–Trinajstić information content (AvgIpc) is 2.49. The maximum absolute atomic E-state index is 11.7. The molecule has 2 N–H and O–H groups in total. The van der Waals surface area contributed by atoms with Crippen LogP contribution in [0.15, 0.2) is 0 Å². The van der Waals surface area contributed by atoms with Crippen molar-refractivity contribution < 1.29 is 19.1 Å². The van der Waals surface area contributed by atoms with Gasteiger partial charge < -0.3 is 20.1 Å². The Morgan fingerprint density at radius 2 is 1.38 bits per heavy atom. The van der Waals surface area contributed by atoms with E-state index in [2.05, 4.69) is 20.1 Å². The number of esters is 2. The number of thiocarbonyl (C=S) groups is 1. The molecule has 0 saturated carbocycles. The Bertz CT molecular complexity index is 327. The molecule has 1 heterocycles. The minimum absolute atomic E-state index is 0.209. The number of hydrogen-bond donors (Lipinski definition) is 2. The molecule has 7 heteroatoms. The van der Waals surface area contributed by atoms with Crippen LogP contribution in [0.25, 0.3) is 0 Å². The van der Waals surface area contributed by atoms with E-state index in [0.29, 0.717) is 0 Å². The monoisotopic (exact) mass is 246 g/mol. The van der Waals surface area contributed by atoms with E-state index in [9.17, 15) is 9.59 Å². The molecule has 0 aliphatic carbocycles. The van der Waals surface area contributed by atoms with Gasteiger partial charge in [0.05, 0.1) is 14.2 Å². The fourth-order valence-electron chi connectivity index (χ4n) is 1.65.